The van der Waals surface area contributed by atoms with Gasteiger partial charge in [0.1, 0.15) is 23.8 Å². The molecule has 0 aliphatic carbocycles. The number of ether oxygens (including phenoxy) is 1. The highest BCUT2D eigenvalue weighted by Crippen LogP contribution is 2.33. The summed E-state index contributed by atoms with van der Waals surface area (Å²) in [6, 6.07) is 1.58. The fourth-order valence-corrected chi connectivity index (χ4v) is 2.60. The number of pyridine rings is 1. The maximum absolute atomic E-state index is 10.9. The maximum Gasteiger partial charge on any atom is 0.341 e. The number of hydrogen-bond acceptors (Lipinski definition) is 10. The number of nitrogens with two attached hydrogens (primary N) is 1. The zero-order valence-corrected chi connectivity index (χ0v) is 16.5. The third kappa shape index (κ3) is 7.68. The Kier molecular flexibility index (Phi) is 9.42. The van der Waals surface area contributed by atoms with Gasteiger partial charge in [-0.2, -0.15) is 4.57 Å². The standard InChI is InChI=1S/C11H14NO9P.C4H9NO3/c13-8-7(5-20-22(17,18)19)21-10(9(8)14)12-3-1-2-6(4-12)11(15)16;1-2(6)3(5)4(7)8/h1-4,7-10,13-14H,5H2,(H2-,15,16,17,18,19);2-3,6H,5H2,1H3,(H,7,8)/t7-,8-,9-,10-;2-,3+/m11/s1. The molecule has 1 aliphatic heterocycles. The topological polar surface area (TPSA) is 244 Å². The number of aromatic nitrogens is 1. The van der Waals surface area contributed by atoms with Gasteiger partial charge in [-0.3, -0.25) is 9.36 Å². The van der Waals surface area contributed by atoms with Gasteiger partial charge in [-0.25, -0.2) is 4.79 Å². The fourth-order valence-electron chi connectivity index (χ4n) is 2.26. The molecule has 0 amide bonds. The second-order valence-electron chi connectivity index (χ2n) is 6.26. The molecule has 2 heterocycles. The van der Waals surface area contributed by atoms with Gasteiger partial charge in [-0.15, -0.1) is 0 Å². The molecule has 30 heavy (non-hydrogen) atoms. The molecule has 1 saturated heterocycles. The van der Waals surface area contributed by atoms with Crippen molar-refractivity contribution in [1.29, 1.82) is 0 Å². The van der Waals surface area contributed by atoms with E-state index in [1.54, 1.807) is 0 Å². The average molecular weight is 454 g/mol. The number of hydrogen-bond donors (Lipinski definition) is 7. The van der Waals surface area contributed by atoms with Crippen molar-refractivity contribution in [2.24, 2.45) is 5.73 Å². The van der Waals surface area contributed by atoms with E-state index in [9.17, 15) is 29.3 Å². The van der Waals surface area contributed by atoms with E-state index in [1.165, 1.54) is 36.0 Å². The van der Waals surface area contributed by atoms with Gasteiger partial charge in [0.2, 0.25) is 0 Å². The summed E-state index contributed by atoms with van der Waals surface area (Å²) in [6.07, 6.45) is -3.63. The number of phosphoric acid groups is 1. The minimum absolute atomic E-state index is 0.0630. The SMILES string of the molecule is C[C@@H](O)[C@H](N)C(=O)O.O=C(O)c1ccc[n+]([C@@H]2O[C@H](COP(=O)([O-])O)[C@@H](O)[C@H]2O)c1. The average Bonchev–Trinajstić information content (AvgIpc) is 2.94. The van der Waals surface area contributed by atoms with Crippen LogP contribution in [0.25, 0.3) is 0 Å². The smallest absolute Gasteiger partial charge is 0.341 e. The molecule has 0 radical (unpaired) electrons. The van der Waals surface area contributed by atoms with Crippen molar-refractivity contribution in [3.63, 3.8) is 0 Å². The van der Waals surface area contributed by atoms with Crippen molar-refractivity contribution in [3.05, 3.63) is 30.1 Å². The molecule has 0 spiro atoms. The first kappa shape index (κ1) is 26.0. The number of nitrogens with zero attached hydrogens (tertiary/aromatic N) is 1. The number of aliphatic carboxylic acids is 1. The monoisotopic (exact) mass is 454 g/mol. The maximum atomic E-state index is 10.9. The molecule has 14 nitrogen and oxygen atoms in total. The molecule has 1 unspecified atom stereocenters. The van der Waals surface area contributed by atoms with Crippen LogP contribution in [0.3, 0.4) is 0 Å². The Hall–Kier alpha value is -2.00. The molecule has 15 heteroatoms. The Morgan fingerprint density at radius 2 is 1.97 bits per heavy atom. The van der Waals surface area contributed by atoms with Crippen molar-refractivity contribution in [1.82, 2.24) is 0 Å². The van der Waals surface area contributed by atoms with Gasteiger partial charge >= 0.3 is 11.9 Å². The lowest BCUT2D eigenvalue weighted by atomic mass is 10.1. The summed E-state index contributed by atoms with van der Waals surface area (Å²) < 4.78 is 21.2. The molecule has 1 aliphatic rings. The summed E-state index contributed by atoms with van der Waals surface area (Å²) in [7, 11) is -4.98. The molecule has 0 bridgehead atoms. The van der Waals surface area contributed by atoms with Crippen LogP contribution in [0, 0.1) is 0 Å². The Morgan fingerprint density at radius 3 is 2.40 bits per heavy atom. The van der Waals surface area contributed by atoms with Crippen molar-refractivity contribution < 1.29 is 63.3 Å². The van der Waals surface area contributed by atoms with Crippen molar-refractivity contribution in [2.75, 3.05) is 6.61 Å². The second-order valence-corrected chi connectivity index (χ2v) is 7.46. The lowest BCUT2D eigenvalue weighted by molar-refractivity contribution is -0.765. The summed E-state index contributed by atoms with van der Waals surface area (Å²) in [5.74, 6) is -2.37. The number of carboxylic acids is 2. The highest BCUT2D eigenvalue weighted by molar-refractivity contribution is 7.44. The summed E-state index contributed by atoms with van der Waals surface area (Å²) in [5.41, 5.74) is 4.85. The Bertz CT molecular complexity index is 785. The van der Waals surface area contributed by atoms with E-state index in [0.29, 0.717) is 0 Å². The molecular weight excluding hydrogens is 431 g/mol. The van der Waals surface area contributed by atoms with Crippen molar-refractivity contribution in [3.8, 4) is 0 Å². The van der Waals surface area contributed by atoms with Crippen LogP contribution in [0.15, 0.2) is 24.5 Å². The van der Waals surface area contributed by atoms with Crippen LogP contribution < -0.4 is 15.2 Å². The Balaban J connectivity index is 0.000000479. The van der Waals surface area contributed by atoms with Gasteiger partial charge in [-0.1, -0.05) is 0 Å². The third-order valence-corrected chi connectivity index (χ3v) is 4.38. The van der Waals surface area contributed by atoms with E-state index in [2.05, 4.69) is 4.52 Å². The van der Waals surface area contributed by atoms with Crippen LogP contribution in [0.5, 0.6) is 0 Å². The highest BCUT2D eigenvalue weighted by atomic mass is 31.2. The number of rotatable bonds is 7. The second kappa shape index (κ2) is 10.9. The number of aliphatic hydroxyl groups is 3. The molecule has 8 N–H and O–H groups in total. The van der Waals surface area contributed by atoms with Crippen molar-refractivity contribution >= 4 is 19.8 Å². The first-order valence-corrected chi connectivity index (χ1v) is 9.84. The molecule has 1 aromatic heterocycles. The number of carboxylic acid groups (broad SMARTS) is 2. The lowest BCUT2D eigenvalue weighted by Crippen LogP contribution is -2.46. The highest BCUT2D eigenvalue weighted by Gasteiger charge is 2.48. The summed E-state index contributed by atoms with van der Waals surface area (Å²) in [4.78, 5) is 39.8. The number of phosphoric ester groups is 1. The predicted molar refractivity (Wildman–Crippen MR) is 92.6 cm³/mol. The Morgan fingerprint density at radius 1 is 1.37 bits per heavy atom. The fraction of sp³-hybridized carbons (Fsp3) is 0.533. The lowest BCUT2D eigenvalue weighted by Gasteiger charge is -2.19. The van der Waals surface area contributed by atoms with Crippen LogP contribution in [0.2, 0.25) is 0 Å². The minimum atomic E-state index is -4.98. The zero-order chi connectivity index (χ0) is 23.2. The van der Waals surface area contributed by atoms with Crippen LogP contribution in [0.4, 0.5) is 0 Å². The number of aromatic carboxylic acids is 1. The van der Waals surface area contributed by atoms with Crippen LogP contribution in [-0.4, -0.2) is 79.4 Å². The van der Waals surface area contributed by atoms with Gasteiger partial charge in [0.15, 0.2) is 18.5 Å². The summed E-state index contributed by atoms with van der Waals surface area (Å²) in [6.45, 7) is 0.643. The van der Waals surface area contributed by atoms with Crippen LogP contribution >= 0.6 is 7.82 Å². The van der Waals surface area contributed by atoms with E-state index in [0.717, 1.165) is 0 Å². The van der Waals surface area contributed by atoms with E-state index in [1.807, 2.05) is 0 Å². The number of aliphatic hydroxyl groups excluding tert-OH is 3. The molecule has 0 aromatic carbocycles. The first-order valence-electron chi connectivity index (χ1n) is 8.35. The molecule has 1 fully saturated rings. The summed E-state index contributed by atoms with van der Waals surface area (Å²) in [5, 5.41) is 45.2. The molecule has 7 atom stereocenters. The van der Waals surface area contributed by atoms with Gasteiger partial charge in [0.05, 0.1) is 12.7 Å². The first-order chi connectivity index (χ1) is 13.7. The van der Waals surface area contributed by atoms with Gasteiger partial charge in [0.25, 0.3) is 14.1 Å². The van der Waals surface area contributed by atoms with E-state index in [4.69, 9.17) is 30.7 Å². The largest absolute Gasteiger partial charge is 0.756 e. The van der Waals surface area contributed by atoms with Gasteiger partial charge < -0.3 is 50.3 Å². The van der Waals surface area contributed by atoms with Gasteiger partial charge in [-0.05, 0) is 13.0 Å². The third-order valence-electron chi connectivity index (χ3n) is 3.91. The molecule has 170 valence electrons. The van der Waals surface area contributed by atoms with Crippen molar-refractivity contribution in [2.45, 2.75) is 43.6 Å². The van der Waals surface area contributed by atoms with Gasteiger partial charge in [0, 0.05) is 6.07 Å². The Labute approximate surface area is 170 Å². The normalized spacial score (nSPS) is 27.3. The van der Waals surface area contributed by atoms with E-state index < -0.39 is 63.1 Å². The quantitative estimate of drug-likeness (QED) is 0.157. The molecule has 0 saturated carbocycles. The molecule has 2 rings (SSSR count). The van der Waals surface area contributed by atoms with E-state index in [-0.39, 0.29) is 5.56 Å². The predicted octanol–water partition coefficient (Wildman–Crippen LogP) is -3.45. The number of carbonyl (C=O) groups is 2. The minimum Gasteiger partial charge on any atom is -0.756 e. The molecular formula is C15H23N2O12P. The van der Waals surface area contributed by atoms with E-state index >= 15 is 0 Å². The zero-order valence-electron chi connectivity index (χ0n) is 15.6. The molecule has 1 aromatic rings. The van der Waals surface area contributed by atoms with Crippen LogP contribution in [0.1, 0.15) is 23.5 Å². The van der Waals surface area contributed by atoms with Crippen LogP contribution in [-0.2, 0) is 18.6 Å². The summed E-state index contributed by atoms with van der Waals surface area (Å²) >= 11 is 0.